The van der Waals surface area contributed by atoms with Crippen molar-refractivity contribution in [1.29, 1.82) is 0 Å². The molecule has 0 bridgehead atoms. The quantitative estimate of drug-likeness (QED) is 0.616. The summed E-state index contributed by atoms with van der Waals surface area (Å²) in [4.78, 5) is 14.4. The van der Waals surface area contributed by atoms with Crippen LogP contribution in [0.5, 0.6) is 0 Å². The number of aromatic nitrogens is 1. The van der Waals surface area contributed by atoms with Crippen molar-refractivity contribution in [2.45, 2.75) is 13.5 Å². The summed E-state index contributed by atoms with van der Waals surface area (Å²) in [5.74, 6) is 0.0695. The third-order valence-corrected chi connectivity index (χ3v) is 4.16. The summed E-state index contributed by atoms with van der Waals surface area (Å²) in [7, 11) is 1.86. The first-order valence-electron chi connectivity index (χ1n) is 7.11. The fourth-order valence-corrected chi connectivity index (χ4v) is 3.14. The van der Waals surface area contributed by atoms with Crippen molar-refractivity contribution in [3.8, 4) is 5.69 Å². The summed E-state index contributed by atoms with van der Waals surface area (Å²) in [5.41, 5.74) is 5.31. The summed E-state index contributed by atoms with van der Waals surface area (Å²) < 4.78 is 2.09. The van der Waals surface area contributed by atoms with Crippen LogP contribution in [0.2, 0.25) is 0 Å². The van der Waals surface area contributed by atoms with Crippen LogP contribution in [0.3, 0.4) is 0 Å². The molecule has 3 aromatic rings. The number of nitrogens with zero attached hydrogens (tertiary/aromatic N) is 2. The minimum Gasteiger partial charge on any atom is -0.336 e. The molecule has 104 valence electrons. The Bertz CT molecular complexity index is 876. The highest BCUT2D eigenvalue weighted by molar-refractivity contribution is 6.00. The van der Waals surface area contributed by atoms with Crippen molar-refractivity contribution in [1.82, 2.24) is 9.47 Å². The zero-order chi connectivity index (χ0) is 14.6. The van der Waals surface area contributed by atoms with Crippen molar-refractivity contribution in [3.63, 3.8) is 0 Å². The van der Waals surface area contributed by atoms with Gasteiger partial charge in [-0.05, 0) is 36.8 Å². The van der Waals surface area contributed by atoms with E-state index < -0.39 is 0 Å². The van der Waals surface area contributed by atoms with Crippen LogP contribution in [0.15, 0.2) is 48.5 Å². The topological polar surface area (TPSA) is 25.2 Å². The van der Waals surface area contributed by atoms with Gasteiger partial charge in [-0.3, -0.25) is 4.79 Å². The Kier molecular flexibility index (Phi) is 2.45. The monoisotopic (exact) mass is 276 g/mol. The maximum atomic E-state index is 12.7. The molecule has 2 aromatic carbocycles. The molecule has 1 aliphatic rings. The highest BCUT2D eigenvalue weighted by Gasteiger charge is 2.25. The second-order valence-electron chi connectivity index (χ2n) is 5.72. The molecule has 0 aliphatic carbocycles. The van der Waals surface area contributed by atoms with Gasteiger partial charge in [0.1, 0.15) is 5.69 Å². The van der Waals surface area contributed by atoms with Gasteiger partial charge in [-0.25, -0.2) is 0 Å². The van der Waals surface area contributed by atoms with Gasteiger partial charge >= 0.3 is 0 Å². The predicted molar refractivity (Wildman–Crippen MR) is 83.8 cm³/mol. The number of amides is 1. The molecule has 2 heterocycles. The minimum atomic E-state index is 0.0695. The number of fused-ring (bicyclic) bond motifs is 5. The Morgan fingerprint density at radius 3 is 2.71 bits per heavy atom. The smallest absolute Gasteiger partial charge is 0.270 e. The molecule has 0 saturated carbocycles. The van der Waals surface area contributed by atoms with Crippen molar-refractivity contribution in [2.75, 3.05) is 7.05 Å². The van der Waals surface area contributed by atoms with E-state index in [9.17, 15) is 4.79 Å². The Labute approximate surface area is 123 Å². The van der Waals surface area contributed by atoms with Crippen molar-refractivity contribution in [3.05, 3.63) is 65.4 Å². The number of aryl methyl sites for hydroxylation is 1. The van der Waals surface area contributed by atoms with E-state index in [0.717, 1.165) is 22.3 Å². The molecule has 0 atom stereocenters. The van der Waals surface area contributed by atoms with E-state index in [-0.39, 0.29) is 5.91 Å². The van der Waals surface area contributed by atoms with Gasteiger partial charge in [0.05, 0.1) is 11.2 Å². The van der Waals surface area contributed by atoms with Gasteiger partial charge in [0, 0.05) is 19.0 Å². The molecule has 0 spiro atoms. The van der Waals surface area contributed by atoms with E-state index in [0.29, 0.717) is 6.54 Å². The SMILES string of the molecule is Cc1ccc2c(c1)cc1n2-c2ccccc2CN(C)C1=O. The average molecular weight is 276 g/mol. The Hall–Kier alpha value is -2.55. The normalized spacial score (nSPS) is 14.0. The van der Waals surface area contributed by atoms with Gasteiger partial charge in [0.25, 0.3) is 5.91 Å². The van der Waals surface area contributed by atoms with E-state index in [2.05, 4.69) is 41.8 Å². The summed E-state index contributed by atoms with van der Waals surface area (Å²) in [6.45, 7) is 2.72. The van der Waals surface area contributed by atoms with E-state index in [1.165, 1.54) is 11.1 Å². The molecule has 1 aliphatic heterocycles. The van der Waals surface area contributed by atoms with Gasteiger partial charge in [0.15, 0.2) is 0 Å². The van der Waals surface area contributed by atoms with Crippen LogP contribution >= 0.6 is 0 Å². The lowest BCUT2D eigenvalue weighted by Gasteiger charge is -2.13. The van der Waals surface area contributed by atoms with Crippen LogP contribution in [-0.2, 0) is 6.54 Å². The van der Waals surface area contributed by atoms with E-state index in [4.69, 9.17) is 0 Å². The molecule has 0 unspecified atom stereocenters. The van der Waals surface area contributed by atoms with Crippen molar-refractivity contribution >= 4 is 16.8 Å². The second-order valence-corrected chi connectivity index (χ2v) is 5.72. The van der Waals surface area contributed by atoms with Crippen molar-refractivity contribution < 1.29 is 4.79 Å². The first kappa shape index (κ1) is 12.2. The highest BCUT2D eigenvalue weighted by Crippen LogP contribution is 2.30. The zero-order valence-electron chi connectivity index (χ0n) is 12.1. The largest absolute Gasteiger partial charge is 0.336 e. The number of carbonyl (C=O) groups is 1. The number of hydrogen-bond acceptors (Lipinski definition) is 1. The van der Waals surface area contributed by atoms with Gasteiger partial charge < -0.3 is 9.47 Å². The molecule has 1 amide bonds. The molecule has 4 rings (SSSR count). The molecule has 3 nitrogen and oxygen atoms in total. The number of para-hydroxylation sites is 1. The van der Waals surface area contributed by atoms with Gasteiger partial charge in [-0.15, -0.1) is 0 Å². The standard InChI is InChI=1S/C18H16N2O/c1-12-7-8-16-14(9-12)10-17-18(21)19(2)11-13-5-3-4-6-15(13)20(16)17/h3-10H,11H2,1-2H3. The summed E-state index contributed by atoms with van der Waals surface area (Å²) in [5, 5.41) is 1.11. The number of carbonyl (C=O) groups excluding carboxylic acids is 1. The molecule has 0 radical (unpaired) electrons. The number of rotatable bonds is 0. The first-order chi connectivity index (χ1) is 10.1. The van der Waals surface area contributed by atoms with Gasteiger partial charge in [0.2, 0.25) is 0 Å². The molecular formula is C18H16N2O. The average Bonchev–Trinajstić information content (AvgIpc) is 2.80. The van der Waals surface area contributed by atoms with Gasteiger partial charge in [-0.1, -0.05) is 29.8 Å². The van der Waals surface area contributed by atoms with Crippen LogP contribution in [0, 0.1) is 6.92 Å². The number of benzene rings is 2. The fourth-order valence-electron chi connectivity index (χ4n) is 3.14. The summed E-state index contributed by atoms with van der Waals surface area (Å²) in [6, 6.07) is 16.6. The highest BCUT2D eigenvalue weighted by atomic mass is 16.2. The van der Waals surface area contributed by atoms with E-state index in [1.54, 1.807) is 4.90 Å². The first-order valence-corrected chi connectivity index (χ1v) is 7.11. The zero-order valence-corrected chi connectivity index (χ0v) is 12.1. The molecule has 0 saturated heterocycles. The van der Waals surface area contributed by atoms with Crippen LogP contribution in [-0.4, -0.2) is 22.4 Å². The predicted octanol–water partition coefficient (Wildman–Crippen LogP) is 3.52. The van der Waals surface area contributed by atoms with Crippen LogP contribution < -0.4 is 0 Å². The lowest BCUT2D eigenvalue weighted by molar-refractivity contribution is 0.0782. The Morgan fingerprint density at radius 1 is 1.05 bits per heavy atom. The van der Waals surface area contributed by atoms with Crippen LogP contribution in [0.25, 0.3) is 16.6 Å². The number of hydrogen-bond donors (Lipinski definition) is 0. The maximum Gasteiger partial charge on any atom is 0.270 e. The third-order valence-electron chi connectivity index (χ3n) is 4.16. The fraction of sp³-hybridized carbons (Fsp3) is 0.167. The lowest BCUT2D eigenvalue weighted by Crippen LogP contribution is -2.25. The Balaban J connectivity index is 2.14. The van der Waals surface area contributed by atoms with E-state index >= 15 is 0 Å². The van der Waals surface area contributed by atoms with Gasteiger partial charge in [-0.2, -0.15) is 0 Å². The van der Waals surface area contributed by atoms with Crippen molar-refractivity contribution in [2.24, 2.45) is 0 Å². The van der Waals surface area contributed by atoms with Crippen LogP contribution in [0.4, 0.5) is 0 Å². The van der Waals surface area contributed by atoms with Crippen LogP contribution in [0.1, 0.15) is 21.6 Å². The summed E-state index contributed by atoms with van der Waals surface area (Å²) in [6.07, 6.45) is 0. The van der Waals surface area contributed by atoms with E-state index in [1.807, 2.05) is 25.2 Å². The minimum absolute atomic E-state index is 0.0695. The third kappa shape index (κ3) is 1.70. The molecule has 0 fully saturated rings. The molecule has 1 aromatic heterocycles. The Morgan fingerprint density at radius 2 is 1.86 bits per heavy atom. The summed E-state index contributed by atoms with van der Waals surface area (Å²) >= 11 is 0. The molecule has 3 heteroatoms. The second kappa shape index (κ2) is 4.22. The molecule has 0 N–H and O–H groups in total. The maximum absolute atomic E-state index is 12.7. The molecular weight excluding hydrogens is 260 g/mol. The lowest BCUT2D eigenvalue weighted by atomic mass is 10.1. The molecule has 21 heavy (non-hydrogen) atoms.